The van der Waals surface area contributed by atoms with E-state index in [1.54, 1.807) is 12.1 Å². The largest absolute Gasteiger partial charge is 0.353 e. The lowest BCUT2D eigenvalue weighted by Gasteiger charge is -2.31. The number of nitrogens with zero attached hydrogens (tertiary/aromatic N) is 2. The molecule has 0 saturated carbocycles. The number of aryl methyl sites for hydroxylation is 1. The van der Waals surface area contributed by atoms with E-state index in [1.165, 1.54) is 12.8 Å². The molecule has 5 nitrogen and oxygen atoms in total. The maximum Gasteiger partial charge on any atom is 0.241 e. The zero-order valence-corrected chi connectivity index (χ0v) is 17.7. The summed E-state index contributed by atoms with van der Waals surface area (Å²) in [5.74, 6) is 0. The van der Waals surface area contributed by atoms with Crippen LogP contribution in [0.15, 0.2) is 65.7 Å². The first-order valence-electron chi connectivity index (χ1n) is 10.4. The molecule has 1 fully saturated rings. The van der Waals surface area contributed by atoms with E-state index in [1.807, 2.05) is 49.6 Å². The second-order valence-electron chi connectivity index (χ2n) is 7.84. The van der Waals surface area contributed by atoms with Crippen LogP contribution in [0.3, 0.4) is 0 Å². The van der Waals surface area contributed by atoms with Crippen LogP contribution in [0.5, 0.6) is 0 Å². The summed E-state index contributed by atoms with van der Waals surface area (Å²) in [6.45, 7) is 2.38. The predicted molar refractivity (Wildman–Crippen MR) is 117 cm³/mol. The Morgan fingerprint density at radius 1 is 0.931 bits per heavy atom. The van der Waals surface area contributed by atoms with Crippen LogP contribution in [-0.4, -0.2) is 37.5 Å². The average molecular weight is 412 g/mol. The first-order valence-corrected chi connectivity index (χ1v) is 11.9. The van der Waals surface area contributed by atoms with Crippen LogP contribution >= 0.6 is 0 Å². The van der Waals surface area contributed by atoms with Crippen molar-refractivity contribution in [3.63, 3.8) is 0 Å². The molecule has 1 N–H and O–H groups in total. The number of sulfonamides is 1. The molecule has 6 heteroatoms. The third kappa shape index (κ3) is 4.39. The number of benzene rings is 2. The highest BCUT2D eigenvalue weighted by Crippen LogP contribution is 2.26. The molecule has 1 atom stereocenters. The highest BCUT2D eigenvalue weighted by Gasteiger charge is 2.26. The zero-order chi connectivity index (χ0) is 20.3. The van der Waals surface area contributed by atoms with Crippen molar-refractivity contribution >= 4 is 20.8 Å². The van der Waals surface area contributed by atoms with Crippen LogP contribution in [0.25, 0.3) is 10.8 Å². The number of hydrogen-bond donors (Lipinski definition) is 1. The summed E-state index contributed by atoms with van der Waals surface area (Å²) in [6.07, 6.45) is 6.85. The van der Waals surface area contributed by atoms with Gasteiger partial charge in [-0.3, -0.25) is 4.90 Å². The zero-order valence-electron chi connectivity index (χ0n) is 16.9. The molecule has 0 amide bonds. The van der Waals surface area contributed by atoms with E-state index in [2.05, 4.69) is 20.3 Å². The molecule has 1 aliphatic rings. The van der Waals surface area contributed by atoms with E-state index in [9.17, 15) is 8.42 Å². The molecule has 2 aromatic carbocycles. The van der Waals surface area contributed by atoms with Crippen LogP contribution in [0.2, 0.25) is 0 Å². The lowest BCUT2D eigenvalue weighted by molar-refractivity contribution is 0.199. The fourth-order valence-corrected chi connectivity index (χ4v) is 5.61. The van der Waals surface area contributed by atoms with Crippen molar-refractivity contribution in [2.24, 2.45) is 7.05 Å². The Hall–Kier alpha value is -2.15. The van der Waals surface area contributed by atoms with Crippen LogP contribution in [0.1, 0.15) is 37.4 Å². The van der Waals surface area contributed by atoms with Gasteiger partial charge in [-0.1, -0.05) is 49.2 Å². The Kier molecular flexibility index (Phi) is 6.04. The summed E-state index contributed by atoms with van der Waals surface area (Å²) in [7, 11) is -1.59. The van der Waals surface area contributed by atoms with Crippen molar-refractivity contribution < 1.29 is 8.42 Å². The van der Waals surface area contributed by atoms with Gasteiger partial charge in [-0.05, 0) is 49.5 Å². The molecule has 1 aliphatic heterocycles. The van der Waals surface area contributed by atoms with Crippen LogP contribution in [-0.2, 0) is 17.1 Å². The molecule has 4 rings (SSSR count). The van der Waals surface area contributed by atoms with Gasteiger partial charge in [0.25, 0.3) is 0 Å². The van der Waals surface area contributed by atoms with Crippen LogP contribution in [0, 0.1) is 0 Å². The predicted octanol–water partition coefficient (Wildman–Crippen LogP) is 4.07. The lowest BCUT2D eigenvalue weighted by Crippen LogP contribution is -2.39. The summed E-state index contributed by atoms with van der Waals surface area (Å²) >= 11 is 0. The molecule has 0 spiro atoms. The molecule has 3 aromatic rings. The van der Waals surface area contributed by atoms with Gasteiger partial charge in [-0.2, -0.15) is 0 Å². The standard InChI is InChI=1S/C23H29N3O2S/c1-25-15-9-13-21(25)22(26-16-6-2-3-7-17-26)18-24-29(27,28)23-14-8-11-19-10-4-5-12-20(19)23/h4-5,8-15,22,24H,2-3,6-7,16-18H2,1H3. The van der Waals surface area contributed by atoms with E-state index in [4.69, 9.17) is 0 Å². The fourth-order valence-electron chi connectivity index (χ4n) is 4.34. The highest BCUT2D eigenvalue weighted by atomic mass is 32.2. The van der Waals surface area contributed by atoms with Crippen molar-refractivity contribution in [3.05, 3.63) is 66.5 Å². The summed E-state index contributed by atoms with van der Waals surface area (Å²) in [4.78, 5) is 2.78. The molecule has 1 aromatic heterocycles. The minimum absolute atomic E-state index is 0.0258. The van der Waals surface area contributed by atoms with E-state index in [-0.39, 0.29) is 6.04 Å². The highest BCUT2D eigenvalue weighted by molar-refractivity contribution is 7.89. The second kappa shape index (κ2) is 8.69. The third-order valence-corrected chi connectivity index (χ3v) is 7.39. The topological polar surface area (TPSA) is 54.3 Å². The molecule has 0 aliphatic carbocycles. The quantitative estimate of drug-likeness (QED) is 0.665. The summed E-state index contributed by atoms with van der Waals surface area (Å²) in [5.41, 5.74) is 1.15. The average Bonchev–Trinajstić information content (AvgIpc) is 2.98. The normalized spacial score (nSPS) is 17.3. The van der Waals surface area contributed by atoms with Gasteiger partial charge in [0.15, 0.2) is 0 Å². The first-order chi connectivity index (χ1) is 14.1. The molecule has 1 unspecified atom stereocenters. The molecular weight excluding hydrogens is 382 g/mol. The molecular formula is C23H29N3O2S. The fraction of sp³-hybridized carbons (Fsp3) is 0.391. The Balaban J connectivity index is 1.61. The molecule has 0 bridgehead atoms. The maximum atomic E-state index is 13.2. The van der Waals surface area contributed by atoms with Crippen molar-refractivity contribution in [1.29, 1.82) is 0 Å². The van der Waals surface area contributed by atoms with Crippen molar-refractivity contribution in [2.45, 2.75) is 36.6 Å². The van der Waals surface area contributed by atoms with Crippen molar-refractivity contribution in [1.82, 2.24) is 14.2 Å². The lowest BCUT2D eigenvalue weighted by atomic mass is 10.1. The van der Waals surface area contributed by atoms with Gasteiger partial charge in [-0.15, -0.1) is 0 Å². The summed E-state index contributed by atoms with van der Waals surface area (Å²) in [5, 5.41) is 1.69. The maximum absolute atomic E-state index is 13.2. The summed E-state index contributed by atoms with van der Waals surface area (Å²) < 4.78 is 31.5. The second-order valence-corrected chi connectivity index (χ2v) is 9.57. The number of aromatic nitrogens is 1. The SMILES string of the molecule is Cn1cccc1C(CNS(=O)(=O)c1cccc2ccccc12)N1CCCCCC1. The van der Waals surface area contributed by atoms with Crippen LogP contribution < -0.4 is 4.72 Å². The van der Waals surface area contributed by atoms with Crippen molar-refractivity contribution in [2.75, 3.05) is 19.6 Å². The van der Waals surface area contributed by atoms with E-state index in [0.29, 0.717) is 11.4 Å². The molecule has 154 valence electrons. The number of nitrogens with one attached hydrogen (secondary N) is 1. The summed E-state index contributed by atoms with van der Waals surface area (Å²) in [6, 6.07) is 17.2. The number of hydrogen-bond acceptors (Lipinski definition) is 3. The Morgan fingerprint density at radius 2 is 1.66 bits per heavy atom. The van der Waals surface area contributed by atoms with Gasteiger partial charge in [-0.25, -0.2) is 13.1 Å². The Morgan fingerprint density at radius 3 is 2.38 bits per heavy atom. The van der Waals surface area contributed by atoms with Crippen molar-refractivity contribution in [3.8, 4) is 0 Å². The number of likely N-dealkylation sites (tertiary alicyclic amines) is 1. The molecule has 29 heavy (non-hydrogen) atoms. The smallest absolute Gasteiger partial charge is 0.241 e. The van der Waals surface area contributed by atoms with Gasteiger partial charge in [0, 0.05) is 30.9 Å². The number of rotatable bonds is 6. The van der Waals surface area contributed by atoms with Gasteiger partial charge in [0.05, 0.1) is 10.9 Å². The molecule has 2 heterocycles. The van der Waals surface area contributed by atoms with Gasteiger partial charge in [0.2, 0.25) is 10.0 Å². The van der Waals surface area contributed by atoms with Crippen LogP contribution in [0.4, 0.5) is 0 Å². The number of fused-ring (bicyclic) bond motifs is 1. The molecule has 0 radical (unpaired) electrons. The minimum atomic E-state index is -3.62. The van der Waals surface area contributed by atoms with Gasteiger partial charge >= 0.3 is 0 Å². The Labute approximate surface area is 173 Å². The van der Waals surface area contributed by atoms with E-state index < -0.39 is 10.0 Å². The van der Waals surface area contributed by atoms with E-state index in [0.717, 1.165) is 42.4 Å². The van der Waals surface area contributed by atoms with E-state index >= 15 is 0 Å². The van der Waals surface area contributed by atoms with Gasteiger partial charge in [0.1, 0.15) is 0 Å². The first kappa shape index (κ1) is 20.1. The monoisotopic (exact) mass is 411 g/mol. The Bertz CT molecular complexity index is 1060. The third-order valence-electron chi connectivity index (χ3n) is 5.91. The molecule has 1 saturated heterocycles. The minimum Gasteiger partial charge on any atom is -0.353 e. The van der Waals surface area contributed by atoms with Gasteiger partial charge < -0.3 is 4.57 Å².